The first-order valence-electron chi connectivity index (χ1n) is 8.12. The van der Waals surface area contributed by atoms with Gasteiger partial charge in [0.25, 0.3) is 0 Å². The minimum absolute atomic E-state index is 0.152. The van der Waals surface area contributed by atoms with Crippen molar-refractivity contribution in [3.63, 3.8) is 0 Å². The van der Waals surface area contributed by atoms with Crippen molar-refractivity contribution in [1.29, 1.82) is 0 Å². The van der Waals surface area contributed by atoms with E-state index in [2.05, 4.69) is 17.6 Å². The summed E-state index contributed by atoms with van der Waals surface area (Å²) in [6.07, 6.45) is 2.99. The Balaban J connectivity index is 1.85. The summed E-state index contributed by atoms with van der Waals surface area (Å²) < 4.78 is 24.8. The zero-order chi connectivity index (χ0) is 17.6. The molecular formula is C16H25N3O3S2. The van der Waals surface area contributed by atoms with Gasteiger partial charge in [-0.05, 0) is 36.6 Å². The van der Waals surface area contributed by atoms with Gasteiger partial charge in [0, 0.05) is 24.5 Å². The number of para-hydroxylation sites is 1. The van der Waals surface area contributed by atoms with Gasteiger partial charge in [0.1, 0.15) is 0 Å². The zero-order valence-electron chi connectivity index (χ0n) is 14.1. The third kappa shape index (κ3) is 5.68. The van der Waals surface area contributed by atoms with Crippen molar-refractivity contribution in [3.8, 4) is 0 Å². The summed E-state index contributed by atoms with van der Waals surface area (Å²) in [6.45, 7) is 3.59. The molecule has 1 aromatic carbocycles. The van der Waals surface area contributed by atoms with Crippen LogP contribution >= 0.6 is 11.8 Å². The van der Waals surface area contributed by atoms with Crippen molar-refractivity contribution in [1.82, 2.24) is 9.62 Å². The number of piperidine rings is 1. The molecule has 1 heterocycles. The highest BCUT2D eigenvalue weighted by atomic mass is 32.2. The summed E-state index contributed by atoms with van der Waals surface area (Å²) in [7, 11) is -3.16. The van der Waals surface area contributed by atoms with E-state index >= 15 is 0 Å². The quantitative estimate of drug-likeness (QED) is 0.754. The number of amides is 2. The Morgan fingerprint density at radius 2 is 2.12 bits per heavy atom. The van der Waals surface area contributed by atoms with E-state index in [0.717, 1.165) is 29.2 Å². The number of anilines is 1. The largest absolute Gasteiger partial charge is 0.338 e. The predicted octanol–water partition coefficient (Wildman–Crippen LogP) is 2.59. The van der Waals surface area contributed by atoms with Crippen LogP contribution in [0.2, 0.25) is 0 Å². The SMILES string of the molecule is CCSc1ccccc1NC(=O)NC[C@@H]1CCCN(S(C)(=O)=O)C1. The fourth-order valence-corrected chi connectivity index (χ4v) is 4.45. The molecule has 1 aliphatic heterocycles. The Labute approximate surface area is 148 Å². The standard InChI is InChI=1S/C16H25N3O3S2/c1-3-23-15-9-5-4-8-14(15)18-16(20)17-11-13-7-6-10-19(12-13)24(2,21)22/h4-5,8-9,13H,3,6-7,10-12H2,1-2H3,(H2,17,18,20)/t13-/m0/s1. The van der Waals surface area contributed by atoms with Crippen molar-refractivity contribution >= 4 is 33.5 Å². The van der Waals surface area contributed by atoms with Gasteiger partial charge in [-0.2, -0.15) is 0 Å². The number of nitrogens with zero attached hydrogens (tertiary/aromatic N) is 1. The number of nitrogens with one attached hydrogen (secondary N) is 2. The molecule has 2 rings (SSSR count). The molecule has 2 amide bonds. The second kappa shape index (κ2) is 8.73. The van der Waals surface area contributed by atoms with E-state index < -0.39 is 10.0 Å². The molecule has 0 bridgehead atoms. The zero-order valence-corrected chi connectivity index (χ0v) is 15.8. The molecule has 6 nitrogen and oxygen atoms in total. The summed E-state index contributed by atoms with van der Waals surface area (Å²) in [5.74, 6) is 1.09. The van der Waals surface area contributed by atoms with Crippen LogP contribution in [0.3, 0.4) is 0 Å². The number of rotatable bonds is 6. The van der Waals surface area contributed by atoms with Gasteiger partial charge in [0.15, 0.2) is 0 Å². The maximum absolute atomic E-state index is 12.1. The number of carbonyl (C=O) groups excluding carboxylic acids is 1. The van der Waals surface area contributed by atoms with Crippen molar-refractivity contribution in [2.24, 2.45) is 5.92 Å². The topological polar surface area (TPSA) is 78.5 Å². The highest BCUT2D eigenvalue weighted by molar-refractivity contribution is 7.99. The number of carbonyl (C=O) groups is 1. The molecule has 1 aliphatic rings. The molecule has 0 spiro atoms. The van der Waals surface area contributed by atoms with Crippen LogP contribution < -0.4 is 10.6 Å². The molecular weight excluding hydrogens is 346 g/mol. The molecule has 1 saturated heterocycles. The molecule has 1 atom stereocenters. The van der Waals surface area contributed by atoms with Crippen LogP contribution in [0.15, 0.2) is 29.2 Å². The first-order valence-corrected chi connectivity index (χ1v) is 11.0. The third-order valence-electron chi connectivity index (χ3n) is 3.94. The second-order valence-corrected chi connectivity index (χ2v) is 9.18. The van der Waals surface area contributed by atoms with Gasteiger partial charge in [-0.3, -0.25) is 0 Å². The average Bonchev–Trinajstić information content (AvgIpc) is 2.54. The van der Waals surface area contributed by atoms with Gasteiger partial charge in [0.2, 0.25) is 10.0 Å². The Hall–Kier alpha value is -1.25. The molecule has 134 valence electrons. The Kier molecular flexibility index (Phi) is 6.94. The van der Waals surface area contributed by atoms with Crippen LogP contribution in [-0.4, -0.2) is 50.4 Å². The molecule has 0 aliphatic carbocycles. The molecule has 1 aromatic rings. The second-order valence-electron chi connectivity index (χ2n) is 5.89. The van der Waals surface area contributed by atoms with Crippen molar-refractivity contribution in [3.05, 3.63) is 24.3 Å². The van der Waals surface area contributed by atoms with Gasteiger partial charge in [0.05, 0.1) is 11.9 Å². The van der Waals surface area contributed by atoms with Crippen LogP contribution in [-0.2, 0) is 10.0 Å². The van der Waals surface area contributed by atoms with Crippen molar-refractivity contribution in [2.75, 3.05) is 37.0 Å². The molecule has 0 unspecified atom stereocenters. The van der Waals surface area contributed by atoms with E-state index in [4.69, 9.17) is 0 Å². The third-order valence-corrected chi connectivity index (χ3v) is 6.16. The van der Waals surface area contributed by atoms with E-state index in [1.54, 1.807) is 11.8 Å². The molecule has 2 N–H and O–H groups in total. The van der Waals surface area contributed by atoms with E-state index in [-0.39, 0.29) is 11.9 Å². The van der Waals surface area contributed by atoms with E-state index in [1.807, 2.05) is 24.3 Å². The van der Waals surface area contributed by atoms with Crippen LogP contribution in [0.4, 0.5) is 10.5 Å². The first kappa shape index (κ1) is 19.1. The van der Waals surface area contributed by atoms with E-state index in [0.29, 0.717) is 19.6 Å². The van der Waals surface area contributed by atoms with E-state index in [9.17, 15) is 13.2 Å². The highest BCUT2D eigenvalue weighted by Crippen LogP contribution is 2.26. The van der Waals surface area contributed by atoms with Crippen LogP contribution in [0.5, 0.6) is 0 Å². The number of hydrogen-bond acceptors (Lipinski definition) is 4. The fraction of sp³-hybridized carbons (Fsp3) is 0.562. The average molecular weight is 372 g/mol. The molecule has 0 radical (unpaired) electrons. The van der Waals surface area contributed by atoms with Crippen molar-refractivity contribution < 1.29 is 13.2 Å². The summed E-state index contributed by atoms with van der Waals surface area (Å²) in [6, 6.07) is 7.44. The lowest BCUT2D eigenvalue weighted by atomic mass is 10.00. The molecule has 1 fully saturated rings. The summed E-state index contributed by atoms with van der Waals surface area (Å²) in [5, 5.41) is 5.74. The summed E-state index contributed by atoms with van der Waals surface area (Å²) in [5.41, 5.74) is 0.795. The lowest BCUT2D eigenvalue weighted by molar-refractivity contribution is 0.239. The lowest BCUT2D eigenvalue weighted by Gasteiger charge is -2.30. The molecule has 24 heavy (non-hydrogen) atoms. The molecule has 0 saturated carbocycles. The smallest absolute Gasteiger partial charge is 0.319 e. The lowest BCUT2D eigenvalue weighted by Crippen LogP contribution is -2.43. The minimum Gasteiger partial charge on any atom is -0.338 e. The fourth-order valence-electron chi connectivity index (χ4n) is 2.75. The minimum atomic E-state index is -3.16. The van der Waals surface area contributed by atoms with Crippen molar-refractivity contribution in [2.45, 2.75) is 24.7 Å². The molecule has 8 heteroatoms. The number of sulfonamides is 1. The maximum Gasteiger partial charge on any atom is 0.319 e. The van der Waals surface area contributed by atoms with Gasteiger partial charge in [-0.1, -0.05) is 19.1 Å². The number of thioether (sulfide) groups is 1. The number of urea groups is 1. The number of benzene rings is 1. The maximum atomic E-state index is 12.1. The van der Waals surface area contributed by atoms with Gasteiger partial charge in [-0.25, -0.2) is 17.5 Å². The number of hydrogen-bond donors (Lipinski definition) is 2. The Bertz CT molecular complexity index is 664. The Morgan fingerprint density at radius 3 is 2.83 bits per heavy atom. The first-order chi connectivity index (χ1) is 11.4. The normalized spacial score (nSPS) is 19.0. The predicted molar refractivity (Wildman–Crippen MR) is 99.0 cm³/mol. The monoisotopic (exact) mass is 371 g/mol. The van der Waals surface area contributed by atoms with Gasteiger partial charge >= 0.3 is 6.03 Å². The summed E-state index contributed by atoms with van der Waals surface area (Å²) in [4.78, 5) is 13.2. The van der Waals surface area contributed by atoms with Crippen LogP contribution in [0.25, 0.3) is 0 Å². The van der Waals surface area contributed by atoms with Gasteiger partial charge in [-0.15, -0.1) is 11.8 Å². The Morgan fingerprint density at radius 1 is 1.38 bits per heavy atom. The van der Waals surface area contributed by atoms with Crippen LogP contribution in [0, 0.1) is 5.92 Å². The molecule has 0 aromatic heterocycles. The highest BCUT2D eigenvalue weighted by Gasteiger charge is 2.26. The van der Waals surface area contributed by atoms with Crippen LogP contribution in [0.1, 0.15) is 19.8 Å². The summed E-state index contributed by atoms with van der Waals surface area (Å²) >= 11 is 1.68. The van der Waals surface area contributed by atoms with E-state index in [1.165, 1.54) is 10.6 Å². The van der Waals surface area contributed by atoms with Gasteiger partial charge < -0.3 is 10.6 Å².